The highest BCUT2D eigenvalue weighted by molar-refractivity contribution is 8.26. The zero-order chi connectivity index (χ0) is 23.1. The molecule has 2 aromatic carbocycles. The van der Waals surface area contributed by atoms with E-state index in [0.717, 1.165) is 11.3 Å². The van der Waals surface area contributed by atoms with E-state index in [1.165, 1.54) is 27.8 Å². The molecule has 0 aliphatic carbocycles. The van der Waals surface area contributed by atoms with E-state index < -0.39 is 0 Å². The number of hydrogen-bond donors (Lipinski definition) is 0. The van der Waals surface area contributed by atoms with Crippen molar-refractivity contribution in [2.45, 2.75) is 13.8 Å². The Bertz CT molecular complexity index is 1020. The molecule has 1 aliphatic heterocycles. The lowest BCUT2D eigenvalue weighted by Gasteiger charge is -2.12. The van der Waals surface area contributed by atoms with Gasteiger partial charge in [0.25, 0.3) is 5.91 Å². The zero-order valence-corrected chi connectivity index (χ0v) is 20.3. The second-order valence-electron chi connectivity index (χ2n) is 7.21. The molecule has 2 aromatic rings. The first-order chi connectivity index (χ1) is 15.4. The lowest BCUT2D eigenvalue weighted by atomic mass is 10.1. The van der Waals surface area contributed by atoms with Gasteiger partial charge in [-0.1, -0.05) is 36.1 Å². The van der Waals surface area contributed by atoms with Crippen LogP contribution in [0.25, 0.3) is 6.08 Å². The van der Waals surface area contributed by atoms with Gasteiger partial charge in [-0.25, -0.2) is 0 Å². The molecule has 3 rings (SSSR count). The molecule has 8 heteroatoms. The van der Waals surface area contributed by atoms with E-state index in [-0.39, 0.29) is 5.91 Å². The van der Waals surface area contributed by atoms with Gasteiger partial charge in [-0.05, 0) is 60.9 Å². The summed E-state index contributed by atoms with van der Waals surface area (Å²) < 4.78 is 23.1. The lowest BCUT2D eigenvalue weighted by Crippen LogP contribution is -2.22. The molecule has 170 valence electrons. The summed E-state index contributed by atoms with van der Waals surface area (Å²) in [6.07, 6.45) is 1.80. The number of carbonyl (C=O) groups excluding carboxylic acids is 1. The highest BCUT2D eigenvalue weighted by Crippen LogP contribution is 2.34. The van der Waals surface area contributed by atoms with Crippen LogP contribution in [-0.2, 0) is 9.53 Å². The van der Waals surface area contributed by atoms with Crippen molar-refractivity contribution in [2.24, 2.45) is 0 Å². The normalized spacial score (nSPS) is 14.9. The molecular formula is C24H27NO5S2. The molecule has 0 spiro atoms. The van der Waals surface area contributed by atoms with Gasteiger partial charge in [0.2, 0.25) is 0 Å². The SMILES string of the molecule is COc1cc(C=C2SC(=S)N(C)C2=O)ccc1OCCOCCOc1ccc(C)c(C)c1. The molecular weight excluding hydrogens is 446 g/mol. The van der Waals surface area contributed by atoms with Crippen molar-refractivity contribution in [3.8, 4) is 17.2 Å². The monoisotopic (exact) mass is 473 g/mol. The van der Waals surface area contributed by atoms with Crippen LogP contribution >= 0.6 is 24.0 Å². The third-order valence-corrected chi connectivity index (χ3v) is 6.42. The first-order valence-electron chi connectivity index (χ1n) is 10.2. The van der Waals surface area contributed by atoms with Gasteiger partial charge in [0.15, 0.2) is 11.5 Å². The fourth-order valence-corrected chi connectivity index (χ4v) is 4.10. The molecule has 0 unspecified atom stereocenters. The molecule has 0 atom stereocenters. The molecule has 1 aliphatic rings. The lowest BCUT2D eigenvalue weighted by molar-refractivity contribution is -0.121. The number of carbonyl (C=O) groups is 1. The topological polar surface area (TPSA) is 57.2 Å². The van der Waals surface area contributed by atoms with Crippen LogP contribution < -0.4 is 14.2 Å². The predicted molar refractivity (Wildman–Crippen MR) is 132 cm³/mol. The summed E-state index contributed by atoms with van der Waals surface area (Å²) >= 11 is 6.45. The van der Waals surface area contributed by atoms with Crippen molar-refractivity contribution in [3.63, 3.8) is 0 Å². The van der Waals surface area contributed by atoms with Crippen LogP contribution in [0.2, 0.25) is 0 Å². The van der Waals surface area contributed by atoms with E-state index in [9.17, 15) is 4.79 Å². The minimum Gasteiger partial charge on any atom is -0.493 e. The molecule has 0 radical (unpaired) electrons. The third kappa shape index (κ3) is 6.25. The minimum atomic E-state index is -0.0991. The van der Waals surface area contributed by atoms with Gasteiger partial charge in [-0.15, -0.1) is 0 Å². The zero-order valence-electron chi connectivity index (χ0n) is 18.7. The quantitative estimate of drug-likeness (QED) is 0.284. The average Bonchev–Trinajstić information content (AvgIpc) is 3.02. The van der Waals surface area contributed by atoms with Gasteiger partial charge in [0, 0.05) is 7.05 Å². The third-order valence-electron chi connectivity index (χ3n) is 4.93. The number of hydrogen-bond acceptors (Lipinski definition) is 7. The maximum atomic E-state index is 12.2. The van der Waals surface area contributed by atoms with Crippen LogP contribution in [0, 0.1) is 13.8 Å². The highest BCUT2D eigenvalue weighted by atomic mass is 32.2. The fraction of sp³-hybridized carbons (Fsp3) is 0.333. The number of likely N-dealkylation sites (N-methyl/N-ethyl adjacent to an activating group) is 1. The molecule has 0 saturated carbocycles. The first-order valence-corrected chi connectivity index (χ1v) is 11.4. The van der Waals surface area contributed by atoms with E-state index in [4.69, 9.17) is 31.2 Å². The summed E-state index contributed by atoms with van der Waals surface area (Å²) in [5, 5.41) is 0. The summed E-state index contributed by atoms with van der Waals surface area (Å²) in [5.74, 6) is 1.95. The second-order valence-corrected chi connectivity index (χ2v) is 8.88. The number of methoxy groups -OCH3 is 1. The van der Waals surface area contributed by atoms with Crippen molar-refractivity contribution < 1.29 is 23.7 Å². The fourth-order valence-electron chi connectivity index (χ4n) is 2.92. The molecule has 32 heavy (non-hydrogen) atoms. The molecule has 0 bridgehead atoms. The van der Waals surface area contributed by atoms with E-state index in [1.54, 1.807) is 20.2 Å². The number of thioether (sulfide) groups is 1. The summed E-state index contributed by atoms with van der Waals surface area (Å²) in [4.78, 5) is 14.2. The summed E-state index contributed by atoms with van der Waals surface area (Å²) in [7, 11) is 3.26. The predicted octanol–water partition coefficient (Wildman–Crippen LogP) is 4.62. The van der Waals surface area contributed by atoms with Crippen LogP contribution in [0.15, 0.2) is 41.3 Å². The first kappa shape index (κ1) is 24.1. The average molecular weight is 474 g/mol. The number of rotatable bonds is 10. The Morgan fingerprint density at radius 2 is 1.72 bits per heavy atom. The van der Waals surface area contributed by atoms with Crippen molar-refractivity contribution >= 4 is 40.3 Å². The molecule has 1 fully saturated rings. The van der Waals surface area contributed by atoms with Gasteiger partial charge in [-0.3, -0.25) is 9.69 Å². The highest BCUT2D eigenvalue weighted by Gasteiger charge is 2.28. The van der Waals surface area contributed by atoms with Crippen molar-refractivity contribution in [1.82, 2.24) is 4.90 Å². The minimum absolute atomic E-state index is 0.0991. The molecule has 1 saturated heterocycles. The van der Waals surface area contributed by atoms with Crippen LogP contribution in [0.3, 0.4) is 0 Å². The van der Waals surface area contributed by atoms with Crippen molar-refractivity contribution in [1.29, 1.82) is 0 Å². The van der Waals surface area contributed by atoms with Crippen LogP contribution in [-0.4, -0.2) is 55.7 Å². The second kappa shape index (κ2) is 11.4. The molecule has 6 nitrogen and oxygen atoms in total. The number of ether oxygens (including phenoxy) is 4. The van der Waals surface area contributed by atoms with Gasteiger partial charge in [-0.2, -0.15) is 0 Å². The van der Waals surface area contributed by atoms with E-state index in [1.807, 2.05) is 36.4 Å². The Balaban J connectivity index is 1.43. The van der Waals surface area contributed by atoms with Gasteiger partial charge in [0.1, 0.15) is 23.3 Å². The Morgan fingerprint density at radius 1 is 0.969 bits per heavy atom. The summed E-state index contributed by atoms with van der Waals surface area (Å²) in [6, 6.07) is 11.6. The van der Waals surface area contributed by atoms with Gasteiger partial charge in [0.05, 0.1) is 25.2 Å². The maximum absolute atomic E-state index is 12.2. The van der Waals surface area contributed by atoms with E-state index >= 15 is 0 Å². The largest absolute Gasteiger partial charge is 0.493 e. The van der Waals surface area contributed by atoms with Crippen molar-refractivity contribution in [3.05, 3.63) is 58.0 Å². The Labute approximate surface area is 198 Å². The number of benzene rings is 2. The Kier molecular flexibility index (Phi) is 8.55. The molecule has 0 N–H and O–H groups in total. The van der Waals surface area contributed by atoms with E-state index in [0.29, 0.717) is 47.2 Å². The number of amides is 1. The summed E-state index contributed by atoms with van der Waals surface area (Å²) in [5.41, 5.74) is 3.29. The van der Waals surface area contributed by atoms with Crippen molar-refractivity contribution in [2.75, 3.05) is 40.6 Å². The summed E-state index contributed by atoms with van der Waals surface area (Å²) in [6.45, 7) is 5.90. The molecule has 1 heterocycles. The molecule has 1 amide bonds. The Morgan fingerprint density at radius 3 is 2.38 bits per heavy atom. The number of thiocarbonyl (C=S) groups is 1. The maximum Gasteiger partial charge on any atom is 0.265 e. The number of aryl methyl sites for hydroxylation is 2. The molecule has 0 aromatic heterocycles. The standard InChI is InChI=1S/C24H27NO5S2/c1-16-5-7-19(13-17(16)2)29-11-9-28-10-12-30-20-8-6-18(14-21(20)27-4)15-22-23(26)25(3)24(31)32-22/h5-8,13-15H,9-12H2,1-4H3. The van der Waals surface area contributed by atoms with Gasteiger partial charge >= 0.3 is 0 Å². The van der Waals surface area contributed by atoms with Crippen LogP contribution in [0.1, 0.15) is 16.7 Å². The number of nitrogens with zero attached hydrogens (tertiary/aromatic N) is 1. The smallest absolute Gasteiger partial charge is 0.265 e. The van der Waals surface area contributed by atoms with Gasteiger partial charge < -0.3 is 18.9 Å². The Hall–Kier alpha value is -2.55. The van der Waals surface area contributed by atoms with Crippen LogP contribution in [0.5, 0.6) is 17.2 Å². The van der Waals surface area contributed by atoms with Crippen LogP contribution in [0.4, 0.5) is 0 Å². The van der Waals surface area contributed by atoms with E-state index in [2.05, 4.69) is 13.8 Å².